The van der Waals surface area contributed by atoms with Crippen molar-refractivity contribution in [2.45, 2.75) is 64.0 Å². The fourth-order valence-corrected chi connectivity index (χ4v) is 6.74. The van der Waals surface area contributed by atoms with Crippen molar-refractivity contribution in [3.05, 3.63) is 35.4 Å². The summed E-state index contributed by atoms with van der Waals surface area (Å²) in [6.45, 7) is 3.98. The van der Waals surface area contributed by atoms with Crippen molar-refractivity contribution in [2.75, 3.05) is 5.75 Å². The molecule has 1 fully saturated rings. The minimum Gasteiger partial charge on any atom is -0.494 e. The van der Waals surface area contributed by atoms with Gasteiger partial charge < -0.3 is 15.3 Å². The van der Waals surface area contributed by atoms with Gasteiger partial charge in [-0.25, -0.2) is 4.79 Å². The third kappa shape index (κ3) is 3.92. The number of thiol groups is 1. The highest BCUT2D eigenvalue weighted by Gasteiger charge is 2.50. The van der Waals surface area contributed by atoms with Crippen LogP contribution in [0, 0.1) is 23.2 Å². The first kappa shape index (κ1) is 24.9. The number of carbonyl (C=O) groups is 3. The van der Waals surface area contributed by atoms with Gasteiger partial charge in [0.2, 0.25) is 0 Å². The van der Waals surface area contributed by atoms with Gasteiger partial charge in [-0.05, 0) is 30.1 Å². The van der Waals surface area contributed by atoms with Gasteiger partial charge in [0.05, 0.1) is 0 Å². The smallest absolute Gasteiger partial charge is 0.329 e. The molecule has 1 aromatic rings. The van der Waals surface area contributed by atoms with Crippen LogP contribution >= 0.6 is 12.6 Å². The molecule has 0 amide bonds. The highest BCUT2D eigenvalue weighted by molar-refractivity contribution is 7.80. The van der Waals surface area contributed by atoms with Crippen LogP contribution in [0.2, 0.25) is 0 Å². The van der Waals surface area contributed by atoms with E-state index in [1.165, 1.54) is 4.57 Å². The molecule has 9 heteroatoms. The Hall–Kier alpha value is -2.81. The second kappa shape index (κ2) is 8.94. The monoisotopic (exact) mass is 512 g/mol. The molecule has 0 spiro atoms. The Balaban J connectivity index is 1.38. The summed E-state index contributed by atoms with van der Waals surface area (Å²) in [7, 11) is 0. The van der Waals surface area contributed by atoms with Crippen molar-refractivity contribution in [3.8, 4) is 11.8 Å². The fourth-order valence-electron chi connectivity index (χ4n) is 6.50. The minimum atomic E-state index is -1.17. The lowest BCUT2D eigenvalue weighted by molar-refractivity contribution is -0.139. The number of rotatable bonds is 8. The van der Waals surface area contributed by atoms with E-state index in [0.29, 0.717) is 18.3 Å². The second-order valence-corrected chi connectivity index (χ2v) is 11.6. The zero-order chi connectivity index (χ0) is 25.9. The molecule has 0 saturated heterocycles. The van der Waals surface area contributed by atoms with Crippen LogP contribution in [0.5, 0.6) is 11.8 Å². The van der Waals surface area contributed by atoms with Gasteiger partial charge >= 0.3 is 5.97 Å². The third-order valence-corrected chi connectivity index (χ3v) is 8.53. The van der Waals surface area contributed by atoms with Crippen LogP contribution < -0.4 is 0 Å². The Kier molecular flexibility index (Phi) is 6.17. The Morgan fingerprint density at radius 3 is 2.03 bits per heavy atom. The van der Waals surface area contributed by atoms with Gasteiger partial charge in [0.25, 0.3) is 0 Å². The summed E-state index contributed by atoms with van der Waals surface area (Å²) < 4.78 is 1.49. The number of aromatic nitrogens is 1. The molecule has 192 valence electrons. The molecule has 3 N–H and O–H groups in total. The lowest BCUT2D eigenvalue weighted by Gasteiger charge is -2.47. The summed E-state index contributed by atoms with van der Waals surface area (Å²) in [5, 5.41) is 31.6. The zero-order valence-corrected chi connectivity index (χ0v) is 21.3. The molecule has 5 aliphatic rings. The van der Waals surface area contributed by atoms with Gasteiger partial charge in [0.15, 0.2) is 17.8 Å². The summed E-state index contributed by atoms with van der Waals surface area (Å²) in [5.41, 5.74) is 1.37. The maximum atomic E-state index is 13.0. The SMILES string of the molecule is CC1(C)CC(=O)C(C(CCCn2c(O)c3c(c2O)C2C=CC3C3C=CC23)=NC(CS)C(=O)O)C(=O)C1. The number of aliphatic imine (C=N–C) groups is 1. The van der Waals surface area contributed by atoms with Crippen LogP contribution in [0.25, 0.3) is 0 Å². The van der Waals surface area contributed by atoms with Crippen LogP contribution in [0.3, 0.4) is 0 Å². The number of carboxylic acid groups (broad SMARTS) is 1. The summed E-state index contributed by atoms with van der Waals surface area (Å²) in [6, 6.07) is -1.16. The predicted octanol–water partition coefficient (Wildman–Crippen LogP) is 3.63. The van der Waals surface area contributed by atoms with Gasteiger partial charge in [-0.2, -0.15) is 12.6 Å². The first-order chi connectivity index (χ1) is 17.0. The van der Waals surface area contributed by atoms with Crippen LogP contribution in [0.1, 0.15) is 62.5 Å². The number of ketones is 2. The maximum Gasteiger partial charge on any atom is 0.329 e. The van der Waals surface area contributed by atoms with E-state index in [4.69, 9.17) is 0 Å². The molecular formula is C27H32N2O6S. The third-order valence-electron chi connectivity index (χ3n) is 8.18. The summed E-state index contributed by atoms with van der Waals surface area (Å²) >= 11 is 4.09. The highest BCUT2D eigenvalue weighted by atomic mass is 32.1. The Labute approximate surface area is 215 Å². The van der Waals surface area contributed by atoms with Crippen molar-refractivity contribution >= 4 is 35.9 Å². The van der Waals surface area contributed by atoms with Crippen LogP contribution in [0.4, 0.5) is 0 Å². The molecule has 1 saturated carbocycles. The van der Waals surface area contributed by atoms with Gasteiger partial charge in [-0.3, -0.25) is 19.1 Å². The number of hydrogen-bond donors (Lipinski definition) is 4. The first-order valence-electron chi connectivity index (χ1n) is 12.5. The van der Waals surface area contributed by atoms with Gasteiger partial charge in [-0.15, -0.1) is 0 Å². The molecule has 0 aliphatic heterocycles. The Morgan fingerprint density at radius 1 is 1.06 bits per heavy atom. The van der Waals surface area contributed by atoms with Crippen LogP contribution in [-0.4, -0.2) is 54.9 Å². The number of hydrogen-bond acceptors (Lipinski definition) is 7. The van der Waals surface area contributed by atoms with Crippen LogP contribution in [-0.2, 0) is 20.9 Å². The molecule has 1 aromatic heterocycles. The lowest BCUT2D eigenvalue weighted by atomic mass is 9.56. The molecule has 6 rings (SSSR count). The molecule has 5 unspecified atom stereocenters. The number of aliphatic carboxylic acids is 1. The molecule has 5 atom stereocenters. The van der Waals surface area contributed by atoms with E-state index in [0.717, 1.165) is 11.1 Å². The highest BCUT2D eigenvalue weighted by Crippen LogP contribution is 2.61. The van der Waals surface area contributed by atoms with E-state index >= 15 is 0 Å². The summed E-state index contributed by atoms with van der Waals surface area (Å²) in [5.74, 6) is -1.92. The minimum absolute atomic E-state index is 0.0387. The largest absolute Gasteiger partial charge is 0.494 e. The molecule has 0 radical (unpaired) electrons. The predicted molar refractivity (Wildman–Crippen MR) is 137 cm³/mol. The van der Waals surface area contributed by atoms with E-state index < -0.39 is 23.3 Å². The number of nitrogens with zero attached hydrogens (tertiary/aromatic N) is 2. The van der Waals surface area contributed by atoms with Crippen molar-refractivity contribution in [1.29, 1.82) is 0 Å². The molecule has 2 bridgehead atoms. The van der Waals surface area contributed by atoms with Crippen molar-refractivity contribution in [3.63, 3.8) is 0 Å². The van der Waals surface area contributed by atoms with E-state index in [2.05, 4.69) is 41.9 Å². The maximum absolute atomic E-state index is 13.0. The van der Waals surface area contributed by atoms with E-state index in [9.17, 15) is 29.7 Å². The van der Waals surface area contributed by atoms with Gasteiger partial charge in [-0.1, -0.05) is 38.2 Å². The second-order valence-electron chi connectivity index (χ2n) is 11.2. The quantitative estimate of drug-likeness (QED) is 0.182. The molecule has 36 heavy (non-hydrogen) atoms. The van der Waals surface area contributed by atoms with Gasteiger partial charge in [0.1, 0.15) is 17.5 Å². The van der Waals surface area contributed by atoms with E-state index in [1.54, 1.807) is 0 Å². The number of allylic oxidation sites excluding steroid dienone is 4. The summed E-state index contributed by atoms with van der Waals surface area (Å²) in [4.78, 5) is 41.9. The van der Waals surface area contributed by atoms with Crippen molar-refractivity contribution < 1.29 is 29.7 Å². The molecular weight excluding hydrogens is 480 g/mol. The van der Waals surface area contributed by atoms with Gasteiger partial charge in [0, 0.05) is 53.8 Å². The number of carboxylic acids is 1. The number of aromatic hydroxyl groups is 2. The van der Waals surface area contributed by atoms with E-state index in [1.807, 2.05) is 13.8 Å². The number of carbonyl (C=O) groups excluding carboxylic acids is 2. The number of Topliss-reactive ketones (excluding diaryl/α,β-unsaturated/α-hetero) is 2. The average molecular weight is 513 g/mol. The molecule has 0 aromatic carbocycles. The topological polar surface area (TPSA) is 129 Å². The normalized spacial score (nSPS) is 29.1. The fraction of sp³-hybridized carbons (Fsp3) is 0.556. The van der Waals surface area contributed by atoms with Crippen molar-refractivity contribution in [2.24, 2.45) is 28.2 Å². The molecule has 5 aliphatic carbocycles. The molecule has 1 heterocycles. The van der Waals surface area contributed by atoms with Crippen molar-refractivity contribution in [1.82, 2.24) is 4.57 Å². The standard InChI is InChI=1S/C27H32N2O6S/c1-27(2)10-19(30)23(20(31)11-27)17(28-18(12-36)26(34)35)4-3-9-29-24(32)21-15-7-8-16(22(21)25(29)33)14-6-5-13(14)15/h5-8,13-16,18,23,32-33,36H,3-4,9-12H2,1-2H3,(H,34,35). The Bertz CT molecular complexity index is 1160. The lowest BCUT2D eigenvalue weighted by Crippen LogP contribution is -2.42. The zero-order valence-electron chi connectivity index (χ0n) is 20.4. The Morgan fingerprint density at radius 2 is 1.58 bits per heavy atom. The average Bonchev–Trinajstić information content (AvgIpc) is 3.01. The van der Waals surface area contributed by atoms with Crippen LogP contribution in [0.15, 0.2) is 29.3 Å². The first-order valence-corrected chi connectivity index (χ1v) is 13.1. The molecule has 8 nitrogen and oxygen atoms in total. The summed E-state index contributed by atoms with van der Waals surface area (Å²) in [6.07, 6.45) is 9.53. The van der Waals surface area contributed by atoms with E-state index in [-0.39, 0.29) is 72.4 Å².